The van der Waals surface area contributed by atoms with Crippen molar-refractivity contribution < 1.29 is 38.0 Å². The topological polar surface area (TPSA) is 254 Å². The van der Waals surface area contributed by atoms with Crippen LogP contribution in [0, 0.1) is 0 Å². The van der Waals surface area contributed by atoms with E-state index in [-0.39, 0.29) is 23.6 Å². The maximum Gasteiger partial charge on any atom is 0.318 e. The first-order chi connectivity index (χ1) is 50.7. The molecule has 0 spiro atoms. The summed E-state index contributed by atoms with van der Waals surface area (Å²) in [5.41, 5.74) is 11.4. The highest BCUT2D eigenvalue weighted by Crippen LogP contribution is 2.38. The third kappa shape index (κ3) is 22.6. The highest BCUT2D eigenvalue weighted by molar-refractivity contribution is 6.77. The van der Waals surface area contributed by atoms with Crippen molar-refractivity contribution in [2.24, 2.45) is 0 Å². The van der Waals surface area contributed by atoms with Gasteiger partial charge in [-0.25, -0.2) is 9.97 Å². The normalized spacial score (nSPS) is 14.6. The number of aromatic nitrogens is 12. The number of hydrogen-bond donors (Lipinski definition) is 2. The van der Waals surface area contributed by atoms with Crippen LogP contribution in [0.15, 0.2) is 131 Å². The molecule has 106 heavy (non-hydrogen) atoms. The predicted molar refractivity (Wildman–Crippen MR) is 434 cm³/mol. The Hall–Kier alpha value is -7.91. The van der Waals surface area contributed by atoms with Crippen LogP contribution in [0.5, 0.6) is 0 Å². The van der Waals surface area contributed by atoms with Crippen LogP contribution >= 0.6 is 0 Å². The van der Waals surface area contributed by atoms with E-state index in [0.717, 1.165) is 175 Å². The highest BCUT2D eigenvalue weighted by atomic mass is 28.3. The molecule has 28 heteroatoms. The van der Waals surface area contributed by atoms with E-state index >= 15 is 0 Å². The van der Waals surface area contributed by atoms with E-state index in [1.54, 1.807) is 6.92 Å². The fourth-order valence-corrected chi connectivity index (χ4v) is 15.3. The molecule has 2 aliphatic rings. The first kappa shape index (κ1) is 80.6. The van der Waals surface area contributed by atoms with Gasteiger partial charge in [-0.2, -0.15) is 19.2 Å². The Kier molecular flexibility index (Phi) is 28.0. The van der Waals surface area contributed by atoms with Crippen LogP contribution in [0.4, 0.5) is 23.7 Å². The Labute approximate surface area is 630 Å². The molecule has 2 fully saturated rings. The van der Waals surface area contributed by atoms with Crippen molar-refractivity contribution in [1.82, 2.24) is 59.6 Å². The van der Waals surface area contributed by atoms with Gasteiger partial charge in [-0.05, 0) is 68.9 Å². The fraction of sp³-hybridized carbons (Fsp3) is 0.513. The minimum atomic E-state index is -1.27. The summed E-state index contributed by atoms with van der Waals surface area (Å²) in [5.74, 6) is 3.35. The molecule has 2 aromatic carbocycles. The largest absolute Gasteiger partial charge is 0.408 e. The Morgan fingerprint density at radius 2 is 0.802 bits per heavy atom. The molecule has 2 N–H and O–H groups in total. The van der Waals surface area contributed by atoms with Crippen molar-refractivity contribution in [3.63, 3.8) is 0 Å². The molecule has 12 rings (SSSR count). The van der Waals surface area contributed by atoms with Crippen molar-refractivity contribution in [2.75, 3.05) is 106 Å². The van der Waals surface area contributed by atoms with Crippen LogP contribution in [-0.2, 0) is 18.9 Å². The number of rotatable bonds is 32. The SMILES string of the molecule is CC(C)c1nnc(N2CCC(c3cc(N(COCC[Si](C)(C)C)COCC[Si](C)(C)C)n4ncc(-c5ccc(-c6ccccc6)nc5)c4n3)CC2)o1.CO.C[C@@H](O)c1nnc(N2CCC(c3cc(N(COCC[Si](C)(C)C)COCC[Si](C)(C)C)n4ncc(-c5ccc(-c6ccccc6)nc5)c4n3)CC2)o1. The van der Waals surface area contributed by atoms with E-state index in [1.807, 2.05) is 70.2 Å². The lowest BCUT2D eigenvalue weighted by Gasteiger charge is -2.31. The van der Waals surface area contributed by atoms with Crippen LogP contribution in [0.25, 0.3) is 56.1 Å². The predicted octanol–water partition coefficient (Wildman–Crippen LogP) is 16.1. The number of piperidine rings is 2. The van der Waals surface area contributed by atoms with E-state index in [2.05, 4.69) is 193 Å². The van der Waals surface area contributed by atoms with Gasteiger partial charge in [-0.15, -0.1) is 10.2 Å². The first-order valence-corrected chi connectivity index (χ1v) is 52.4. The number of nitrogens with zero attached hydrogens (tertiary/aromatic N) is 16. The van der Waals surface area contributed by atoms with Gasteiger partial charge in [0.25, 0.3) is 0 Å². The second-order valence-electron chi connectivity index (χ2n) is 32.9. The minimum absolute atomic E-state index is 0.197. The van der Waals surface area contributed by atoms with Crippen LogP contribution in [-0.4, -0.2) is 189 Å². The molecule has 8 aromatic heterocycles. The van der Waals surface area contributed by atoms with Crippen LogP contribution in [0.1, 0.15) is 93.5 Å². The Morgan fingerprint density at radius 3 is 1.10 bits per heavy atom. The molecule has 1 atom stereocenters. The lowest BCUT2D eigenvalue weighted by Crippen LogP contribution is -2.34. The molecule has 0 saturated carbocycles. The van der Waals surface area contributed by atoms with Crippen molar-refractivity contribution in [1.29, 1.82) is 0 Å². The summed E-state index contributed by atoms with van der Waals surface area (Å²) in [5, 5.41) is 43.6. The molecule has 2 saturated heterocycles. The third-order valence-electron chi connectivity index (χ3n) is 18.9. The summed E-state index contributed by atoms with van der Waals surface area (Å²) in [7, 11) is -4.04. The molecule has 0 amide bonds. The van der Waals surface area contributed by atoms with Gasteiger partial charge < -0.3 is 57.6 Å². The van der Waals surface area contributed by atoms with Gasteiger partial charge in [-0.3, -0.25) is 9.97 Å². The Morgan fingerprint density at radius 1 is 0.453 bits per heavy atom. The van der Waals surface area contributed by atoms with E-state index in [9.17, 15) is 5.11 Å². The van der Waals surface area contributed by atoms with Gasteiger partial charge >= 0.3 is 12.0 Å². The number of fused-ring (bicyclic) bond motifs is 2. The number of hydrogen-bond acceptors (Lipinski definition) is 22. The Balaban J connectivity index is 0.000000222. The second kappa shape index (κ2) is 36.8. The number of benzene rings is 2. The van der Waals surface area contributed by atoms with E-state index < -0.39 is 38.4 Å². The molecule has 570 valence electrons. The minimum Gasteiger partial charge on any atom is -0.408 e. The molecule has 0 aliphatic carbocycles. The van der Waals surface area contributed by atoms with Gasteiger partial charge in [0.05, 0.1) is 23.8 Å². The summed E-state index contributed by atoms with van der Waals surface area (Å²) >= 11 is 0. The molecule has 0 bridgehead atoms. The maximum absolute atomic E-state index is 9.89. The summed E-state index contributed by atoms with van der Waals surface area (Å²) in [6, 6.07) is 38.6. The van der Waals surface area contributed by atoms with Crippen molar-refractivity contribution in [2.45, 2.75) is 173 Å². The molecule has 2 aliphatic heterocycles. The van der Waals surface area contributed by atoms with E-state index in [1.165, 1.54) is 0 Å². The maximum atomic E-state index is 9.89. The molecule has 10 heterocycles. The Bertz CT molecular complexity index is 3990. The highest BCUT2D eigenvalue weighted by Gasteiger charge is 2.31. The number of pyridine rings is 2. The van der Waals surface area contributed by atoms with Gasteiger partial charge in [-0.1, -0.05) is 175 Å². The average molecular weight is 1520 g/mol. The van der Waals surface area contributed by atoms with Gasteiger partial charge in [0, 0.05) is 179 Å². The lowest BCUT2D eigenvalue weighted by atomic mass is 9.93. The monoisotopic (exact) mass is 1510 g/mol. The zero-order chi connectivity index (χ0) is 75.8. The zero-order valence-electron chi connectivity index (χ0n) is 65.5. The number of aliphatic hydroxyl groups is 2. The summed E-state index contributed by atoms with van der Waals surface area (Å²) in [6.07, 6.45) is 10.4. The smallest absolute Gasteiger partial charge is 0.318 e. The van der Waals surface area contributed by atoms with Crippen LogP contribution in [0.2, 0.25) is 103 Å². The standard InChI is InChI=1S/C39H56N8O3Si2.C38H54N8O4Si2.CH4O/c1-29(2)38-43-44-39(50-38)45-18-16-31(17-19-45)35-24-36(46(27-48-20-22-51(3,4)5)28-49-21-23-52(6,7)8)47-37(42-35)33(26-41-47)32-14-15-34(40-25-32)30-12-10-9-11-13-30;1-28(47)37-42-43-38(50-37)44-17-15-30(16-18-44)34-23-35(45(26-48-19-21-51(2,3)4)27-49-20-22-52(5,6)7)46-36(41-34)32(25-40-46)31-13-14-33(39-24-31)29-11-9-8-10-12-29;1-2/h9-15,24-26,29,31H,16-23,27-28H2,1-8H3;8-14,23-25,28,30,47H,15-22,26-27H2,1-7H3;2H,1H3/t;28-;/m.1./s1. The van der Waals surface area contributed by atoms with Crippen LogP contribution < -0.4 is 19.6 Å². The molecular formula is C78H114N16O8Si4. The van der Waals surface area contributed by atoms with Gasteiger partial charge in [0.1, 0.15) is 44.7 Å². The first-order valence-electron chi connectivity index (χ1n) is 37.6. The van der Waals surface area contributed by atoms with Crippen molar-refractivity contribution >= 4 is 67.3 Å². The zero-order valence-corrected chi connectivity index (χ0v) is 69.5. The van der Waals surface area contributed by atoms with Crippen molar-refractivity contribution in [3.05, 3.63) is 145 Å². The molecular weight excluding hydrogens is 1400 g/mol. The summed E-state index contributed by atoms with van der Waals surface area (Å²) in [6.45, 7) is 41.8. The number of anilines is 4. The molecule has 0 unspecified atom stereocenters. The second-order valence-corrected chi connectivity index (χ2v) is 55.4. The number of ether oxygens (including phenoxy) is 4. The van der Waals surface area contributed by atoms with E-state index in [0.29, 0.717) is 58.1 Å². The van der Waals surface area contributed by atoms with Gasteiger partial charge in [0.2, 0.25) is 11.8 Å². The molecule has 24 nitrogen and oxygen atoms in total. The number of aliphatic hydroxyl groups excluding tert-OH is 2. The molecule has 10 aromatic rings. The third-order valence-corrected chi connectivity index (χ3v) is 25.8. The van der Waals surface area contributed by atoms with Gasteiger partial charge in [0.15, 0.2) is 11.3 Å². The van der Waals surface area contributed by atoms with Crippen LogP contribution in [0.3, 0.4) is 0 Å². The average Bonchev–Trinajstić information content (AvgIpc) is 1.59. The summed E-state index contributed by atoms with van der Waals surface area (Å²) < 4.78 is 41.1. The van der Waals surface area contributed by atoms with E-state index in [4.69, 9.17) is 63.0 Å². The lowest BCUT2D eigenvalue weighted by molar-refractivity contribution is 0.0940. The summed E-state index contributed by atoms with van der Waals surface area (Å²) in [4.78, 5) is 28.9. The molecule has 0 radical (unpaired) electrons. The van der Waals surface area contributed by atoms with Crippen molar-refractivity contribution in [3.8, 4) is 44.8 Å². The fourth-order valence-electron chi connectivity index (χ4n) is 12.3. The quantitative estimate of drug-likeness (QED) is 0.0226.